The van der Waals surface area contributed by atoms with Crippen LogP contribution >= 0.6 is 11.8 Å². The predicted octanol–water partition coefficient (Wildman–Crippen LogP) is 6.76. The summed E-state index contributed by atoms with van der Waals surface area (Å²) < 4.78 is 32.4. The van der Waals surface area contributed by atoms with Gasteiger partial charge in [0.05, 0.1) is 24.1 Å². The number of amides is 2. The van der Waals surface area contributed by atoms with E-state index in [0.29, 0.717) is 23.8 Å². The van der Waals surface area contributed by atoms with Crippen molar-refractivity contribution in [2.75, 3.05) is 19.8 Å². The average Bonchev–Trinajstić information content (AvgIpc) is 3.42. The van der Waals surface area contributed by atoms with Crippen LogP contribution in [-0.4, -0.2) is 46.5 Å². The Hall–Kier alpha value is -4.24. The van der Waals surface area contributed by atoms with E-state index >= 15 is 0 Å². The van der Waals surface area contributed by atoms with Gasteiger partial charge in [-0.1, -0.05) is 18.2 Å². The van der Waals surface area contributed by atoms with E-state index in [4.69, 9.17) is 14.2 Å². The second kappa shape index (κ2) is 12.3. The van der Waals surface area contributed by atoms with E-state index in [1.165, 1.54) is 29.2 Å². The number of aromatic nitrogens is 1. The molecule has 1 aliphatic heterocycles. The second-order valence-corrected chi connectivity index (χ2v) is 10.4. The van der Waals surface area contributed by atoms with Gasteiger partial charge in [0.1, 0.15) is 36.3 Å². The van der Waals surface area contributed by atoms with Crippen molar-refractivity contribution < 1.29 is 28.2 Å². The number of imide groups is 1. The van der Waals surface area contributed by atoms with Gasteiger partial charge in [-0.05, 0) is 86.3 Å². The minimum atomic E-state index is -0.361. The Morgan fingerprint density at radius 2 is 1.48 bits per heavy atom. The number of carbonyl (C=O) groups excluding carboxylic acids is 2. The van der Waals surface area contributed by atoms with Gasteiger partial charge in [-0.2, -0.15) is 0 Å². The highest BCUT2D eigenvalue weighted by Crippen LogP contribution is 2.34. The summed E-state index contributed by atoms with van der Waals surface area (Å²) in [5, 5.41) is 0.630. The number of hydrogen-bond donors (Lipinski definition) is 0. The third-order valence-corrected chi connectivity index (χ3v) is 7.08. The fraction of sp³-hybridized carbons (Fsp3) is 0.226. The fourth-order valence-electron chi connectivity index (χ4n) is 4.34. The molecule has 206 valence electrons. The first kappa shape index (κ1) is 27.3. The van der Waals surface area contributed by atoms with Gasteiger partial charge >= 0.3 is 0 Å². The molecule has 2 heterocycles. The zero-order valence-electron chi connectivity index (χ0n) is 22.2. The summed E-state index contributed by atoms with van der Waals surface area (Å²) in [5.74, 6) is 1.30. The van der Waals surface area contributed by atoms with Crippen molar-refractivity contribution >= 4 is 39.9 Å². The van der Waals surface area contributed by atoms with Crippen LogP contribution in [0.15, 0.2) is 83.9 Å². The Morgan fingerprint density at radius 3 is 2.17 bits per heavy atom. The van der Waals surface area contributed by atoms with Gasteiger partial charge in [0, 0.05) is 22.7 Å². The largest absolute Gasteiger partial charge is 0.492 e. The Balaban J connectivity index is 1.24. The number of ether oxygens (including phenoxy) is 3. The summed E-state index contributed by atoms with van der Waals surface area (Å²) in [4.78, 5) is 27.1. The molecule has 40 heavy (non-hydrogen) atoms. The van der Waals surface area contributed by atoms with Crippen molar-refractivity contribution in [1.29, 1.82) is 0 Å². The van der Waals surface area contributed by atoms with Gasteiger partial charge in [0.25, 0.3) is 11.1 Å². The van der Waals surface area contributed by atoms with Gasteiger partial charge in [-0.3, -0.25) is 14.5 Å². The predicted molar refractivity (Wildman–Crippen MR) is 154 cm³/mol. The van der Waals surface area contributed by atoms with E-state index in [-0.39, 0.29) is 36.2 Å². The molecule has 3 aromatic carbocycles. The molecular weight excluding hydrogens is 531 g/mol. The van der Waals surface area contributed by atoms with E-state index in [2.05, 4.69) is 4.57 Å². The topological polar surface area (TPSA) is 70.0 Å². The number of halogens is 1. The summed E-state index contributed by atoms with van der Waals surface area (Å²) in [6.45, 7) is 5.23. The van der Waals surface area contributed by atoms with Crippen LogP contribution in [0.4, 0.5) is 9.18 Å². The summed E-state index contributed by atoms with van der Waals surface area (Å²) >= 11 is 0.912. The molecule has 0 bridgehead atoms. The Morgan fingerprint density at radius 1 is 0.850 bits per heavy atom. The minimum Gasteiger partial charge on any atom is -0.492 e. The highest BCUT2D eigenvalue weighted by atomic mass is 32.2. The maximum absolute atomic E-state index is 13.1. The molecule has 5 rings (SSSR count). The van der Waals surface area contributed by atoms with Gasteiger partial charge in [-0.25, -0.2) is 4.39 Å². The number of para-hydroxylation sites is 1. The van der Waals surface area contributed by atoms with Crippen molar-refractivity contribution in [2.24, 2.45) is 0 Å². The lowest BCUT2D eigenvalue weighted by Gasteiger charge is -2.13. The van der Waals surface area contributed by atoms with Crippen molar-refractivity contribution in [2.45, 2.75) is 26.5 Å². The van der Waals surface area contributed by atoms with E-state index in [9.17, 15) is 14.0 Å². The molecule has 1 fully saturated rings. The average molecular weight is 561 g/mol. The molecule has 0 radical (unpaired) electrons. The molecule has 0 aliphatic carbocycles. The third-order valence-electron chi connectivity index (χ3n) is 6.17. The van der Waals surface area contributed by atoms with Crippen LogP contribution < -0.4 is 14.2 Å². The zero-order valence-corrected chi connectivity index (χ0v) is 23.0. The Kier molecular flexibility index (Phi) is 8.40. The summed E-state index contributed by atoms with van der Waals surface area (Å²) in [6, 6.07) is 21.1. The normalized spacial score (nSPS) is 14.5. The second-order valence-electron chi connectivity index (χ2n) is 9.42. The van der Waals surface area contributed by atoms with Crippen LogP contribution in [0.3, 0.4) is 0 Å². The molecule has 1 saturated heterocycles. The van der Waals surface area contributed by atoms with Crippen LogP contribution in [-0.2, 0) is 11.3 Å². The quantitative estimate of drug-likeness (QED) is 0.189. The maximum Gasteiger partial charge on any atom is 0.293 e. The van der Waals surface area contributed by atoms with Crippen LogP contribution in [0.2, 0.25) is 0 Å². The van der Waals surface area contributed by atoms with Crippen LogP contribution in [0.25, 0.3) is 17.0 Å². The van der Waals surface area contributed by atoms with Crippen molar-refractivity contribution in [3.63, 3.8) is 0 Å². The first-order chi connectivity index (χ1) is 19.4. The van der Waals surface area contributed by atoms with Crippen molar-refractivity contribution in [3.05, 3.63) is 95.3 Å². The number of rotatable bonds is 11. The summed E-state index contributed by atoms with van der Waals surface area (Å²) in [5.41, 5.74) is 1.85. The van der Waals surface area contributed by atoms with E-state index in [1.54, 1.807) is 6.08 Å². The zero-order chi connectivity index (χ0) is 28.1. The minimum absolute atomic E-state index is 0.100. The van der Waals surface area contributed by atoms with Crippen LogP contribution in [0, 0.1) is 5.82 Å². The molecule has 0 atom stereocenters. The number of thioether (sulfide) groups is 1. The standard InChI is InChI=1S/C31H29FN2O5S/c1-21(2)39-26-13-11-25(12-14-26)37-17-15-33-20-22(27-5-3-4-6-28(27)33)19-29-30(35)34(31(36)40-29)16-18-38-24-9-7-23(32)8-10-24/h3-14,19-21H,15-18H2,1-2H3/b29-19-. The summed E-state index contributed by atoms with van der Waals surface area (Å²) in [7, 11) is 0. The molecule has 1 aliphatic rings. The molecule has 1 aromatic heterocycles. The lowest BCUT2D eigenvalue weighted by atomic mass is 10.1. The number of fused-ring (bicyclic) bond motifs is 1. The molecular formula is C31H29FN2O5S. The first-order valence-electron chi connectivity index (χ1n) is 13.0. The molecule has 0 spiro atoms. The monoisotopic (exact) mass is 560 g/mol. The molecule has 4 aromatic rings. The van der Waals surface area contributed by atoms with Crippen molar-refractivity contribution in [1.82, 2.24) is 9.47 Å². The third kappa shape index (κ3) is 6.48. The number of hydrogen-bond acceptors (Lipinski definition) is 6. The maximum atomic E-state index is 13.1. The Bertz CT molecular complexity index is 1530. The molecule has 9 heteroatoms. The van der Waals surface area contributed by atoms with Gasteiger partial charge < -0.3 is 18.8 Å². The van der Waals surface area contributed by atoms with E-state index in [0.717, 1.165) is 39.7 Å². The lowest BCUT2D eigenvalue weighted by molar-refractivity contribution is -0.123. The summed E-state index contributed by atoms with van der Waals surface area (Å²) in [6.07, 6.45) is 3.84. The van der Waals surface area contributed by atoms with Crippen LogP contribution in [0.5, 0.6) is 17.2 Å². The fourth-order valence-corrected chi connectivity index (χ4v) is 5.20. The number of nitrogens with zero attached hydrogens (tertiary/aromatic N) is 2. The lowest BCUT2D eigenvalue weighted by Crippen LogP contribution is -2.32. The molecule has 2 amide bonds. The van der Waals surface area contributed by atoms with Crippen LogP contribution in [0.1, 0.15) is 19.4 Å². The van der Waals surface area contributed by atoms with Gasteiger partial charge in [0.15, 0.2) is 0 Å². The van der Waals surface area contributed by atoms with Gasteiger partial charge in [0.2, 0.25) is 0 Å². The Labute approximate surface area is 236 Å². The highest BCUT2D eigenvalue weighted by molar-refractivity contribution is 8.18. The molecule has 0 unspecified atom stereocenters. The molecule has 7 nitrogen and oxygen atoms in total. The SMILES string of the molecule is CC(C)Oc1ccc(OCCn2cc(/C=C3\SC(=O)N(CCOc4ccc(F)cc4)C3=O)c3ccccc32)cc1. The number of carbonyl (C=O) groups is 2. The van der Waals surface area contributed by atoms with E-state index in [1.807, 2.05) is 68.6 Å². The van der Waals surface area contributed by atoms with Gasteiger partial charge in [-0.15, -0.1) is 0 Å². The number of benzene rings is 3. The smallest absolute Gasteiger partial charge is 0.293 e. The van der Waals surface area contributed by atoms with E-state index < -0.39 is 0 Å². The van der Waals surface area contributed by atoms with Crippen molar-refractivity contribution in [3.8, 4) is 17.2 Å². The molecule has 0 N–H and O–H groups in total. The molecule has 0 saturated carbocycles. The highest BCUT2D eigenvalue weighted by Gasteiger charge is 2.35. The first-order valence-corrected chi connectivity index (χ1v) is 13.8.